The van der Waals surface area contributed by atoms with Gasteiger partial charge in [-0.2, -0.15) is 0 Å². The smallest absolute Gasteiger partial charge is 0.0578 e. The van der Waals surface area contributed by atoms with Crippen LogP contribution in [0.1, 0.15) is 136 Å². The minimum atomic E-state index is -1.55. The Kier molecular flexibility index (Phi) is 26.0. The molecule has 16 unspecified atom stereocenters. The molecule has 16 atom stereocenters. The average Bonchev–Trinajstić information content (AvgIpc) is 3.27. The molecule has 0 aromatic heterocycles. The van der Waals surface area contributed by atoms with E-state index < -0.39 is 16.1 Å². The number of hydrogen-bond acceptors (Lipinski definition) is 2. The Morgan fingerprint density at radius 2 is 0.611 bits per heavy atom. The van der Waals surface area contributed by atoms with Crippen LogP contribution in [-0.4, -0.2) is 49.5 Å². The average molecular weight is 867 g/mol. The first-order valence-electron chi connectivity index (χ1n) is 21.0. The van der Waals surface area contributed by atoms with Crippen molar-refractivity contribution in [3.8, 4) is 0 Å². The van der Waals surface area contributed by atoms with Crippen LogP contribution in [0.25, 0.3) is 0 Å². The molecule has 54 heavy (non-hydrogen) atoms. The van der Waals surface area contributed by atoms with Crippen LogP contribution in [0.15, 0.2) is 0 Å². The van der Waals surface area contributed by atoms with E-state index >= 15 is 0 Å². The summed E-state index contributed by atoms with van der Waals surface area (Å²) in [6, 6.07) is 0. The van der Waals surface area contributed by atoms with Crippen LogP contribution in [0.5, 0.6) is 0 Å². The van der Waals surface area contributed by atoms with E-state index in [1.165, 1.54) is 25.7 Å². The molecule has 0 aromatic carbocycles. The van der Waals surface area contributed by atoms with Gasteiger partial charge in [0.25, 0.3) is 0 Å². The minimum absolute atomic E-state index is 0. The molecule has 8 heteroatoms. The number of rotatable bonds is 4. The van der Waals surface area contributed by atoms with Crippen LogP contribution < -0.4 is 0 Å². The maximum Gasteiger partial charge on any atom is 0.0578 e. The van der Waals surface area contributed by atoms with Crippen molar-refractivity contribution < 1.29 is 64.6 Å². The van der Waals surface area contributed by atoms with Gasteiger partial charge in [-0.05, 0) is 130 Å². The van der Waals surface area contributed by atoms with Crippen molar-refractivity contribution in [3.05, 3.63) is 14.9 Å². The minimum Gasteiger partial charge on any atom is -0.412 e. The first-order valence-corrected chi connectivity index (χ1v) is 27.3. The molecule has 324 valence electrons. The molecule has 4 fully saturated rings. The molecule has 0 spiro atoms. The van der Waals surface area contributed by atoms with Crippen LogP contribution in [0.3, 0.4) is 0 Å². The van der Waals surface area contributed by atoms with E-state index in [2.05, 4.69) is 137 Å². The standard InChI is InChI=1S/2C22H44OSi.2CH3.2H2O.2Ti/c2*1-13-11-18(22(6,7)8)20(23)19(12-13)24(9,10)21-16(4)14(2)15(3)17(21)5;;;;;;/h2*13-21,23H,11-12H2,1-10H3;2*1H3;2*1H2;;/q;;2*-1;;;;. The van der Waals surface area contributed by atoms with Crippen LogP contribution in [0.2, 0.25) is 48.4 Å². The first kappa shape index (κ1) is 62.4. The second-order valence-corrected chi connectivity index (χ2v) is 33.0. The van der Waals surface area contributed by atoms with E-state index in [0.717, 1.165) is 70.3 Å². The molecule has 0 aliphatic heterocycles. The molecule has 0 amide bonds. The Labute approximate surface area is 371 Å². The summed E-state index contributed by atoms with van der Waals surface area (Å²) in [5.41, 5.74) is 3.27. The van der Waals surface area contributed by atoms with Gasteiger partial charge >= 0.3 is 0 Å². The van der Waals surface area contributed by atoms with Crippen LogP contribution in [0, 0.1) is 96.7 Å². The van der Waals surface area contributed by atoms with Gasteiger partial charge in [-0.25, -0.2) is 0 Å². The van der Waals surface area contributed by atoms with Crippen LogP contribution >= 0.6 is 0 Å². The zero-order chi connectivity index (χ0) is 37.2. The Bertz CT molecular complexity index is 950. The van der Waals surface area contributed by atoms with Crippen molar-refractivity contribution in [2.75, 3.05) is 0 Å². The summed E-state index contributed by atoms with van der Waals surface area (Å²) in [6.45, 7) is 49.2. The Hall–Kier alpha value is 1.70. The summed E-state index contributed by atoms with van der Waals surface area (Å²) in [5.74, 6) is 9.00. The van der Waals surface area contributed by atoms with E-state index in [0.29, 0.717) is 22.9 Å². The summed E-state index contributed by atoms with van der Waals surface area (Å²) in [6.07, 6.45) is 4.74. The monoisotopic (exact) mass is 867 g/mol. The molecule has 4 saturated carbocycles. The summed E-state index contributed by atoms with van der Waals surface area (Å²) >= 11 is 0. The van der Waals surface area contributed by atoms with Crippen molar-refractivity contribution in [1.29, 1.82) is 0 Å². The SMILES string of the molecule is CC1CC(C(C)(C)C)C(O)C([Si](C)(C)C2C(C)C(C)C(C)C2C)C1.CC1CC(C(C)(C)C)C(O)C([Si](C)(C)C2C(C)C(C)C(C)C2C)C1.O.O.[CH3-].[CH3-].[Ti].[Ti]. The van der Waals surface area contributed by atoms with Crippen molar-refractivity contribution in [3.63, 3.8) is 0 Å². The summed E-state index contributed by atoms with van der Waals surface area (Å²) in [5, 5.41) is 22.8. The predicted octanol–water partition coefficient (Wildman–Crippen LogP) is 12.1. The molecule has 0 heterocycles. The largest absolute Gasteiger partial charge is 0.412 e. The van der Waals surface area contributed by atoms with Gasteiger partial charge in [0.15, 0.2) is 0 Å². The zero-order valence-corrected chi connectivity index (χ0v) is 45.2. The molecule has 0 radical (unpaired) electrons. The van der Waals surface area contributed by atoms with Crippen molar-refractivity contribution in [2.24, 2.45) is 81.8 Å². The predicted molar refractivity (Wildman–Crippen MR) is 238 cm³/mol. The van der Waals surface area contributed by atoms with Crippen LogP contribution in [-0.2, 0) is 43.4 Å². The third-order valence-corrected chi connectivity index (χ3v) is 27.9. The van der Waals surface area contributed by atoms with E-state index in [9.17, 15) is 10.2 Å². The Balaban J connectivity index is -0.000000417. The first-order chi connectivity index (χ1) is 21.6. The number of aliphatic hydroxyl groups is 2. The van der Waals surface area contributed by atoms with Gasteiger partial charge in [0.1, 0.15) is 0 Å². The maximum atomic E-state index is 11.4. The molecule has 4 aliphatic rings. The molecule has 0 saturated heterocycles. The number of hydrogen-bond donors (Lipinski definition) is 2. The van der Waals surface area contributed by atoms with Crippen LogP contribution in [0.4, 0.5) is 0 Å². The zero-order valence-electron chi connectivity index (χ0n) is 40.1. The van der Waals surface area contributed by atoms with E-state index in [1.807, 2.05) is 0 Å². The normalized spacial score (nSPS) is 42.6. The summed E-state index contributed by atoms with van der Waals surface area (Å²) < 4.78 is 0. The van der Waals surface area contributed by atoms with Crippen molar-refractivity contribution in [2.45, 2.75) is 197 Å². The van der Waals surface area contributed by atoms with Crippen molar-refractivity contribution >= 4 is 16.1 Å². The van der Waals surface area contributed by atoms with Gasteiger partial charge < -0.3 is 36.0 Å². The van der Waals surface area contributed by atoms with Gasteiger partial charge in [-0.15, -0.1) is 0 Å². The second kappa shape index (κ2) is 22.5. The quantitative estimate of drug-likeness (QED) is 0.217. The molecule has 0 aromatic rings. The van der Waals surface area contributed by atoms with Gasteiger partial charge in [0.05, 0.1) is 28.4 Å². The van der Waals surface area contributed by atoms with E-state index in [1.54, 1.807) is 0 Å². The van der Waals surface area contributed by atoms with E-state index in [4.69, 9.17) is 0 Å². The Morgan fingerprint density at radius 3 is 0.796 bits per heavy atom. The topological polar surface area (TPSA) is 103 Å². The van der Waals surface area contributed by atoms with E-state index in [-0.39, 0.29) is 92.3 Å². The second-order valence-electron chi connectivity index (χ2n) is 22.9. The molecular formula is C46H98O4Si2Ti2-2. The third kappa shape index (κ3) is 12.4. The van der Waals surface area contributed by atoms with Gasteiger partial charge in [-0.1, -0.05) is 137 Å². The third-order valence-electron chi connectivity index (χ3n) is 17.4. The fraction of sp³-hybridized carbons (Fsp3) is 0.957. The molecule has 6 N–H and O–H groups in total. The van der Waals surface area contributed by atoms with Gasteiger partial charge in [0, 0.05) is 43.4 Å². The molecule has 0 bridgehead atoms. The molecule has 4 rings (SSSR count). The number of aliphatic hydroxyl groups excluding tert-OH is 2. The summed E-state index contributed by atoms with van der Waals surface area (Å²) in [4.78, 5) is 0. The fourth-order valence-corrected chi connectivity index (χ4v) is 25.5. The molecule has 4 nitrogen and oxygen atoms in total. The molecule has 4 aliphatic carbocycles. The maximum absolute atomic E-state index is 11.4. The Morgan fingerprint density at radius 1 is 0.407 bits per heavy atom. The van der Waals surface area contributed by atoms with Gasteiger partial charge in [0.2, 0.25) is 0 Å². The molecular weight excluding hydrogens is 768 g/mol. The van der Waals surface area contributed by atoms with Crippen molar-refractivity contribution in [1.82, 2.24) is 0 Å². The van der Waals surface area contributed by atoms with Gasteiger partial charge in [-0.3, -0.25) is 0 Å². The fourth-order valence-electron chi connectivity index (χ4n) is 13.7. The summed E-state index contributed by atoms with van der Waals surface area (Å²) in [7, 11) is -3.11.